The van der Waals surface area contributed by atoms with Crippen molar-refractivity contribution in [2.45, 2.75) is 31.7 Å². The number of imidazole rings is 1. The second kappa shape index (κ2) is 4.84. The molecule has 0 radical (unpaired) electrons. The highest BCUT2D eigenvalue weighted by Gasteiger charge is 2.33. The largest absolute Gasteiger partial charge is 0.494 e. The van der Waals surface area contributed by atoms with Gasteiger partial charge in [0.05, 0.1) is 18.5 Å². The van der Waals surface area contributed by atoms with E-state index in [4.69, 9.17) is 9.72 Å². The molecule has 1 aliphatic heterocycles. The van der Waals surface area contributed by atoms with Crippen molar-refractivity contribution < 1.29 is 9.13 Å². The van der Waals surface area contributed by atoms with Gasteiger partial charge >= 0.3 is 0 Å². The monoisotopic (exact) mass is 287 g/mol. The summed E-state index contributed by atoms with van der Waals surface area (Å²) in [7, 11) is 1.58. The number of halogens is 1. The van der Waals surface area contributed by atoms with Gasteiger partial charge in [-0.15, -0.1) is 0 Å². The van der Waals surface area contributed by atoms with E-state index >= 15 is 0 Å². The van der Waals surface area contributed by atoms with Gasteiger partial charge < -0.3 is 10.1 Å². The van der Waals surface area contributed by atoms with E-state index < -0.39 is 0 Å². The Hall–Kier alpha value is -1.88. The average Bonchev–Trinajstić information content (AvgIpc) is 3.28. The zero-order chi connectivity index (χ0) is 14.4. The smallest absolute Gasteiger partial charge is 0.145 e. The summed E-state index contributed by atoms with van der Waals surface area (Å²) < 4.78 is 21.1. The van der Waals surface area contributed by atoms with Crippen molar-refractivity contribution in [2.75, 3.05) is 13.7 Å². The average molecular weight is 287 g/mol. The summed E-state index contributed by atoms with van der Waals surface area (Å²) in [6, 6.07) is 4.73. The van der Waals surface area contributed by atoms with Gasteiger partial charge in [0.25, 0.3) is 0 Å². The van der Waals surface area contributed by atoms with Crippen LogP contribution in [-0.4, -0.2) is 23.2 Å². The summed E-state index contributed by atoms with van der Waals surface area (Å²) in [6.45, 7) is 1.76. The highest BCUT2D eigenvalue weighted by molar-refractivity contribution is 5.50. The Labute approximate surface area is 122 Å². The summed E-state index contributed by atoms with van der Waals surface area (Å²) in [5.41, 5.74) is 3.26. The minimum Gasteiger partial charge on any atom is -0.494 e. The summed E-state index contributed by atoms with van der Waals surface area (Å²) in [6.07, 6.45) is 3.31. The van der Waals surface area contributed by atoms with E-state index in [-0.39, 0.29) is 5.82 Å². The molecule has 0 amide bonds. The second-order valence-corrected chi connectivity index (χ2v) is 5.72. The first-order valence-electron chi connectivity index (χ1n) is 7.43. The van der Waals surface area contributed by atoms with Crippen molar-refractivity contribution in [1.29, 1.82) is 0 Å². The van der Waals surface area contributed by atoms with E-state index in [0.29, 0.717) is 11.7 Å². The van der Waals surface area contributed by atoms with Gasteiger partial charge in [-0.05, 0) is 25.0 Å². The van der Waals surface area contributed by atoms with Crippen LogP contribution >= 0.6 is 0 Å². The lowest BCUT2D eigenvalue weighted by Crippen LogP contribution is -2.24. The van der Waals surface area contributed by atoms with Crippen LogP contribution in [-0.2, 0) is 13.0 Å². The molecule has 1 saturated carbocycles. The molecule has 110 valence electrons. The van der Waals surface area contributed by atoms with Gasteiger partial charge in [-0.1, -0.05) is 0 Å². The maximum absolute atomic E-state index is 13.5. The Morgan fingerprint density at radius 3 is 3.00 bits per heavy atom. The van der Waals surface area contributed by atoms with E-state index in [0.717, 1.165) is 36.7 Å². The van der Waals surface area contributed by atoms with E-state index in [1.54, 1.807) is 13.2 Å². The summed E-state index contributed by atoms with van der Waals surface area (Å²) in [5.74, 6) is 1.92. The highest BCUT2D eigenvalue weighted by atomic mass is 19.1. The maximum atomic E-state index is 13.5. The lowest BCUT2D eigenvalue weighted by atomic mass is 10.1. The Kier molecular flexibility index (Phi) is 2.96. The van der Waals surface area contributed by atoms with Crippen LogP contribution < -0.4 is 10.1 Å². The van der Waals surface area contributed by atoms with E-state index in [9.17, 15) is 4.39 Å². The third-order valence-corrected chi connectivity index (χ3v) is 4.24. The van der Waals surface area contributed by atoms with Crippen molar-refractivity contribution in [3.05, 3.63) is 41.2 Å². The van der Waals surface area contributed by atoms with Crippen molar-refractivity contribution in [2.24, 2.45) is 0 Å². The van der Waals surface area contributed by atoms with Crippen LogP contribution in [0.2, 0.25) is 0 Å². The fraction of sp³-hybridized carbons (Fsp3) is 0.438. The van der Waals surface area contributed by atoms with Crippen LogP contribution in [0.25, 0.3) is 5.69 Å². The predicted molar refractivity (Wildman–Crippen MR) is 77.5 cm³/mol. The molecule has 1 fully saturated rings. The van der Waals surface area contributed by atoms with Crippen molar-refractivity contribution in [3.63, 3.8) is 0 Å². The highest BCUT2D eigenvalue weighted by Crippen LogP contribution is 2.42. The number of fused-ring (bicyclic) bond motifs is 1. The Morgan fingerprint density at radius 1 is 1.38 bits per heavy atom. The molecule has 2 aliphatic rings. The Morgan fingerprint density at radius 2 is 2.24 bits per heavy atom. The number of hydrogen-bond donors (Lipinski definition) is 1. The SMILES string of the molecule is COc1cc(F)ccc1-n1c(C2CC2)nc2c1CCNC2. The van der Waals surface area contributed by atoms with Crippen LogP contribution in [0.3, 0.4) is 0 Å². The van der Waals surface area contributed by atoms with Crippen LogP contribution in [0.15, 0.2) is 18.2 Å². The number of rotatable bonds is 3. The van der Waals surface area contributed by atoms with Gasteiger partial charge in [-0.25, -0.2) is 9.37 Å². The lowest BCUT2D eigenvalue weighted by molar-refractivity contribution is 0.408. The van der Waals surface area contributed by atoms with E-state index in [1.165, 1.54) is 30.7 Å². The van der Waals surface area contributed by atoms with Crippen LogP contribution in [0.5, 0.6) is 5.75 Å². The van der Waals surface area contributed by atoms with Crippen molar-refractivity contribution >= 4 is 0 Å². The number of benzene rings is 1. The first-order valence-corrected chi connectivity index (χ1v) is 7.43. The lowest BCUT2D eigenvalue weighted by Gasteiger charge is -2.18. The first kappa shape index (κ1) is 12.8. The molecule has 2 heterocycles. The van der Waals surface area contributed by atoms with Crippen LogP contribution in [0, 0.1) is 5.82 Å². The third-order valence-electron chi connectivity index (χ3n) is 4.24. The minimum atomic E-state index is -0.278. The van der Waals surface area contributed by atoms with Gasteiger partial charge in [-0.2, -0.15) is 0 Å². The van der Waals surface area contributed by atoms with Crippen molar-refractivity contribution in [1.82, 2.24) is 14.9 Å². The summed E-state index contributed by atoms with van der Waals surface area (Å²) in [4.78, 5) is 4.84. The maximum Gasteiger partial charge on any atom is 0.145 e. The molecule has 1 aromatic carbocycles. The standard InChI is InChI=1S/C16H18FN3O/c1-21-15-8-11(17)4-5-14(15)20-13-6-7-18-9-12(13)19-16(20)10-2-3-10/h4-5,8,10,18H,2-3,6-7,9H2,1H3. The van der Waals surface area contributed by atoms with Gasteiger partial charge in [-0.3, -0.25) is 4.57 Å². The number of aromatic nitrogens is 2. The molecule has 2 aromatic rings. The van der Waals surface area contributed by atoms with Gasteiger partial charge in [0, 0.05) is 37.2 Å². The topological polar surface area (TPSA) is 39.1 Å². The van der Waals surface area contributed by atoms with Gasteiger partial charge in [0.15, 0.2) is 0 Å². The van der Waals surface area contributed by atoms with Gasteiger partial charge in [0.1, 0.15) is 17.4 Å². The third kappa shape index (κ3) is 2.12. The molecule has 0 unspecified atom stereocenters. The van der Waals surface area contributed by atoms with Gasteiger partial charge in [0.2, 0.25) is 0 Å². The first-order chi connectivity index (χ1) is 10.3. The Balaban J connectivity index is 1.92. The molecule has 1 N–H and O–H groups in total. The molecule has 21 heavy (non-hydrogen) atoms. The van der Waals surface area contributed by atoms with Crippen molar-refractivity contribution in [3.8, 4) is 11.4 Å². The normalized spacial score (nSPS) is 17.6. The quantitative estimate of drug-likeness (QED) is 0.943. The molecule has 0 spiro atoms. The van der Waals surface area contributed by atoms with E-state index in [1.807, 2.05) is 0 Å². The number of methoxy groups -OCH3 is 1. The van der Waals surface area contributed by atoms with Crippen LogP contribution in [0.1, 0.15) is 36.0 Å². The molecule has 1 aliphatic carbocycles. The summed E-state index contributed by atoms with van der Waals surface area (Å²) in [5, 5.41) is 3.36. The minimum absolute atomic E-state index is 0.278. The molecular weight excluding hydrogens is 269 g/mol. The molecule has 4 nitrogen and oxygen atoms in total. The van der Waals surface area contributed by atoms with E-state index in [2.05, 4.69) is 9.88 Å². The second-order valence-electron chi connectivity index (χ2n) is 5.72. The molecule has 0 atom stereocenters. The molecule has 0 bridgehead atoms. The number of nitrogens with zero attached hydrogens (tertiary/aromatic N) is 2. The summed E-state index contributed by atoms with van der Waals surface area (Å²) >= 11 is 0. The number of hydrogen-bond acceptors (Lipinski definition) is 3. The zero-order valence-electron chi connectivity index (χ0n) is 12.0. The molecule has 0 saturated heterocycles. The number of nitrogens with one attached hydrogen (secondary N) is 1. The van der Waals surface area contributed by atoms with Crippen LogP contribution in [0.4, 0.5) is 4.39 Å². The zero-order valence-corrected chi connectivity index (χ0v) is 12.0. The fourth-order valence-corrected chi connectivity index (χ4v) is 3.05. The molecular formula is C16H18FN3O. The fourth-order valence-electron chi connectivity index (χ4n) is 3.05. The predicted octanol–water partition coefficient (Wildman–Crippen LogP) is 2.54. The Bertz CT molecular complexity index is 691. The molecule has 4 rings (SSSR count). The number of ether oxygens (including phenoxy) is 1. The molecule has 1 aromatic heterocycles. The molecule has 5 heteroatoms.